The van der Waals surface area contributed by atoms with Crippen LogP contribution < -0.4 is 9.47 Å². The second-order valence-corrected chi connectivity index (χ2v) is 8.83. The van der Waals surface area contributed by atoms with E-state index in [4.69, 9.17) is 14.6 Å². The average Bonchev–Trinajstić information content (AvgIpc) is 3.25. The zero-order chi connectivity index (χ0) is 24.1. The molecule has 2 aromatic heterocycles. The van der Waals surface area contributed by atoms with Gasteiger partial charge in [0.1, 0.15) is 18.1 Å². The fourth-order valence-corrected chi connectivity index (χ4v) is 4.78. The lowest BCUT2D eigenvalue weighted by Crippen LogP contribution is -2.04. The minimum Gasteiger partial charge on any atom is -0.495 e. The Bertz CT molecular complexity index is 1380. The summed E-state index contributed by atoms with van der Waals surface area (Å²) in [6, 6.07) is 15.8. The van der Waals surface area contributed by atoms with Gasteiger partial charge in [-0.2, -0.15) is 0 Å². The summed E-state index contributed by atoms with van der Waals surface area (Å²) < 4.78 is 12.5. The molecular formula is C28H25NO4S. The van der Waals surface area contributed by atoms with Crippen LogP contribution in [-0.4, -0.2) is 23.2 Å². The van der Waals surface area contributed by atoms with Gasteiger partial charge in [-0.3, -0.25) is 9.78 Å². The van der Waals surface area contributed by atoms with E-state index in [0.29, 0.717) is 6.61 Å². The van der Waals surface area contributed by atoms with E-state index in [0.717, 1.165) is 44.8 Å². The summed E-state index contributed by atoms with van der Waals surface area (Å²) in [5, 5.41) is 12.4. The van der Waals surface area contributed by atoms with Crippen molar-refractivity contribution in [3.63, 3.8) is 0 Å². The molecule has 1 N–H and O–H groups in total. The molecule has 5 nitrogen and oxygen atoms in total. The van der Waals surface area contributed by atoms with Crippen LogP contribution in [0.25, 0.3) is 21.3 Å². The molecule has 0 fully saturated rings. The molecule has 0 saturated heterocycles. The number of nitrogens with zero attached hydrogens (tertiary/aromatic N) is 1. The van der Waals surface area contributed by atoms with E-state index in [1.54, 1.807) is 31.6 Å². The number of carbonyl (C=O) groups is 1. The predicted molar refractivity (Wildman–Crippen MR) is 136 cm³/mol. The van der Waals surface area contributed by atoms with Crippen molar-refractivity contribution in [2.75, 3.05) is 7.11 Å². The van der Waals surface area contributed by atoms with Crippen molar-refractivity contribution in [2.45, 2.75) is 32.8 Å². The van der Waals surface area contributed by atoms with Crippen LogP contribution in [0.15, 0.2) is 60.1 Å². The van der Waals surface area contributed by atoms with Crippen molar-refractivity contribution in [3.8, 4) is 34.6 Å². The van der Waals surface area contributed by atoms with Gasteiger partial charge in [-0.25, -0.2) is 0 Å². The van der Waals surface area contributed by atoms with E-state index < -0.39 is 5.97 Å². The second-order valence-electron chi connectivity index (χ2n) is 7.92. The van der Waals surface area contributed by atoms with E-state index >= 15 is 0 Å². The molecule has 0 amide bonds. The van der Waals surface area contributed by atoms with Crippen molar-refractivity contribution in [1.29, 1.82) is 0 Å². The molecule has 4 aromatic rings. The van der Waals surface area contributed by atoms with Crippen LogP contribution in [0.1, 0.15) is 36.0 Å². The van der Waals surface area contributed by atoms with Gasteiger partial charge in [-0.15, -0.1) is 17.3 Å². The number of carboxylic acid groups (broad SMARTS) is 1. The maximum absolute atomic E-state index is 11.1. The van der Waals surface area contributed by atoms with E-state index in [1.807, 2.05) is 37.3 Å². The minimum absolute atomic E-state index is 0.0213. The largest absolute Gasteiger partial charge is 0.495 e. The highest BCUT2D eigenvalue weighted by atomic mass is 32.1. The first-order valence-electron chi connectivity index (χ1n) is 10.9. The van der Waals surface area contributed by atoms with Crippen LogP contribution in [0.5, 0.6) is 11.5 Å². The maximum atomic E-state index is 11.1. The SMILES string of the molecule is CC#CC(CC(=O)O)c1ccc(OCc2ccc3scc(-c4ncc(OC)cc4C)c3c2)cc1. The minimum atomic E-state index is -0.865. The lowest BCUT2D eigenvalue weighted by Gasteiger charge is -2.11. The summed E-state index contributed by atoms with van der Waals surface area (Å²) in [7, 11) is 1.64. The number of pyridine rings is 1. The molecule has 4 rings (SSSR count). The Kier molecular flexibility index (Phi) is 7.15. The quantitative estimate of drug-likeness (QED) is 0.300. The van der Waals surface area contributed by atoms with E-state index in [1.165, 1.54) is 4.70 Å². The third-order valence-corrected chi connectivity index (χ3v) is 6.53. The van der Waals surface area contributed by atoms with Crippen LogP contribution in [-0.2, 0) is 11.4 Å². The first-order chi connectivity index (χ1) is 16.5. The number of aryl methyl sites for hydroxylation is 1. The zero-order valence-electron chi connectivity index (χ0n) is 19.3. The van der Waals surface area contributed by atoms with Crippen molar-refractivity contribution in [2.24, 2.45) is 0 Å². The molecule has 0 aliphatic carbocycles. The highest BCUT2D eigenvalue weighted by molar-refractivity contribution is 7.17. The van der Waals surface area contributed by atoms with Gasteiger partial charge in [0.15, 0.2) is 0 Å². The van der Waals surface area contributed by atoms with Crippen molar-refractivity contribution < 1.29 is 19.4 Å². The Morgan fingerprint density at radius 1 is 1.15 bits per heavy atom. The molecule has 0 radical (unpaired) electrons. The summed E-state index contributed by atoms with van der Waals surface area (Å²) in [6.45, 7) is 4.18. The van der Waals surface area contributed by atoms with Gasteiger partial charge < -0.3 is 14.6 Å². The second kappa shape index (κ2) is 10.4. The first kappa shape index (κ1) is 23.3. The maximum Gasteiger partial charge on any atom is 0.304 e. The number of aromatic nitrogens is 1. The van der Waals surface area contributed by atoms with Crippen LogP contribution in [0.3, 0.4) is 0 Å². The van der Waals surface area contributed by atoms with Gasteiger partial charge in [0.05, 0.1) is 31.3 Å². The standard InChI is InChI=1S/C28H25NO4S/c1-4-5-21(14-27(30)31)20-7-9-22(10-8-20)33-16-19-6-11-26-24(13-19)25(17-34-26)28-18(2)12-23(32-3)15-29-28/h6-13,15,17,21H,14,16H2,1-3H3,(H,30,31). The highest BCUT2D eigenvalue weighted by Crippen LogP contribution is 2.36. The summed E-state index contributed by atoms with van der Waals surface area (Å²) in [5.41, 5.74) is 5.05. The highest BCUT2D eigenvalue weighted by Gasteiger charge is 2.14. The van der Waals surface area contributed by atoms with Gasteiger partial charge in [0.2, 0.25) is 0 Å². The molecule has 34 heavy (non-hydrogen) atoms. The fourth-order valence-electron chi connectivity index (χ4n) is 3.86. The smallest absolute Gasteiger partial charge is 0.304 e. The molecule has 2 aromatic carbocycles. The van der Waals surface area contributed by atoms with E-state index in [-0.39, 0.29) is 12.3 Å². The summed E-state index contributed by atoms with van der Waals surface area (Å²) >= 11 is 1.70. The number of benzene rings is 2. The number of thiophene rings is 1. The zero-order valence-corrected chi connectivity index (χ0v) is 20.1. The summed E-state index contributed by atoms with van der Waals surface area (Å²) in [5.74, 6) is 6.06. The third-order valence-electron chi connectivity index (χ3n) is 5.57. The van der Waals surface area contributed by atoms with Crippen LogP contribution in [0.2, 0.25) is 0 Å². The van der Waals surface area contributed by atoms with Gasteiger partial charge in [0, 0.05) is 21.0 Å². The normalized spacial score (nSPS) is 11.5. The average molecular weight is 472 g/mol. The van der Waals surface area contributed by atoms with Crippen molar-refractivity contribution in [1.82, 2.24) is 4.98 Å². The first-order valence-corrected chi connectivity index (χ1v) is 11.7. The monoisotopic (exact) mass is 471 g/mol. The Labute approximate surface area is 203 Å². The third kappa shape index (κ3) is 5.22. The molecule has 0 saturated carbocycles. The summed E-state index contributed by atoms with van der Waals surface area (Å²) in [4.78, 5) is 15.7. The Hall–Kier alpha value is -3.82. The van der Waals surface area contributed by atoms with Crippen LogP contribution in [0.4, 0.5) is 0 Å². The van der Waals surface area contributed by atoms with Gasteiger partial charge in [-0.1, -0.05) is 24.1 Å². The molecule has 1 atom stereocenters. The number of rotatable bonds is 8. The number of hydrogen-bond donors (Lipinski definition) is 1. The number of ether oxygens (including phenoxy) is 2. The Morgan fingerprint density at radius 2 is 1.94 bits per heavy atom. The fraction of sp³-hybridized carbons (Fsp3) is 0.214. The van der Waals surface area contributed by atoms with Gasteiger partial charge in [-0.05, 0) is 60.9 Å². The number of carboxylic acids is 1. The lowest BCUT2D eigenvalue weighted by molar-refractivity contribution is -0.137. The topological polar surface area (TPSA) is 68.7 Å². The molecule has 172 valence electrons. The Balaban J connectivity index is 1.51. The van der Waals surface area contributed by atoms with E-state index in [2.05, 4.69) is 40.4 Å². The molecule has 2 heterocycles. The number of fused-ring (bicyclic) bond motifs is 1. The predicted octanol–water partition coefficient (Wildman–Crippen LogP) is 6.44. The molecule has 1 unspecified atom stereocenters. The Morgan fingerprint density at radius 3 is 2.62 bits per heavy atom. The van der Waals surface area contributed by atoms with Crippen LogP contribution in [0, 0.1) is 18.8 Å². The lowest BCUT2D eigenvalue weighted by atomic mass is 9.96. The van der Waals surface area contributed by atoms with Crippen molar-refractivity contribution in [3.05, 3.63) is 76.8 Å². The van der Waals surface area contributed by atoms with Gasteiger partial charge >= 0.3 is 5.97 Å². The number of aliphatic carboxylic acids is 1. The molecule has 6 heteroatoms. The number of methoxy groups -OCH3 is 1. The molecule has 0 bridgehead atoms. The molecular weight excluding hydrogens is 446 g/mol. The molecule has 0 aliphatic heterocycles. The molecule has 0 aliphatic rings. The summed E-state index contributed by atoms with van der Waals surface area (Å²) in [6.07, 6.45) is 1.72. The molecule has 0 spiro atoms. The van der Waals surface area contributed by atoms with Crippen molar-refractivity contribution >= 4 is 27.4 Å². The van der Waals surface area contributed by atoms with Crippen LogP contribution >= 0.6 is 11.3 Å². The number of hydrogen-bond acceptors (Lipinski definition) is 5. The van der Waals surface area contributed by atoms with Gasteiger partial charge in [0.25, 0.3) is 0 Å². The van der Waals surface area contributed by atoms with E-state index in [9.17, 15) is 4.79 Å².